The smallest absolute Gasteiger partial charge is 0.274 e. The summed E-state index contributed by atoms with van der Waals surface area (Å²) in [7, 11) is 0. The van der Waals surface area contributed by atoms with Crippen LogP contribution in [-0.4, -0.2) is 39.7 Å². The Bertz CT molecular complexity index is 762. The van der Waals surface area contributed by atoms with Crippen LogP contribution in [-0.2, 0) is 19.3 Å². The summed E-state index contributed by atoms with van der Waals surface area (Å²) in [6.45, 7) is 3.54. The highest BCUT2D eigenvalue weighted by molar-refractivity contribution is 5.94. The zero-order chi connectivity index (χ0) is 16.7. The molecule has 1 amide bonds. The van der Waals surface area contributed by atoms with Crippen molar-refractivity contribution in [3.63, 3.8) is 0 Å². The molecule has 0 spiro atoms. The third-order valence-corrected chi connectivity index (χ3v) is 5.23. The Morgan fingerprint density at radius 1 is 1.29 bits per heavy atom. The largest absolute Gasteiger partial charge is 0.336 e. The van der Waals surface area contributed by atoms with Crippen LogP contribution in [0.15, 0.2) is 24.3 Å². The third kappa shape index (κ3) is 2.53. The summed E-state index contributed by atoms with van der Waals surface area (Å²) in [5.41, 5.74) is 11.3. The molecule has 2 N–H and O–H groups in total. The van der Waals surface area contributed by atoms with Gasteiger partial charge in [0, 0.05) is 30.4 Å². The minimum atomic E-state index is 0.0463. The Balaban J connectivity index is 1.70. The predicted octanol–water partition coefficient (Wildman–Crippen LogP) is 2.10. The van der Waals surface area contributed by atoms with Gasteiger partial charge in [0.2, 0.25) is 0 Å². The maximum absolute atomic E-state index is 12.9. The van der Waals surface area contributed by atoms with Crippen LogP contribution in [0.4, 0.5) is 0 Å². The molecule has 0 saturated carbocycles. The van der Waals surface area contributed by atoms with Crippen molar-refractivity contribution in [1.82, 2.24) is 14.7 Å². The minimum absolute atomic E-state index is 0.0463. The van der Waals surface area contributed by atoms with E-state index in [0.717, 1.165) is 49.9 Å². The Labute approximate surface area is 142 Å². The van der Waals surface area contributed by atoms with Crippen molar-refractivity contribution in [2.75, 3.05) is 13.1 Å². The fraction of sp³-hybridized carbons (Fsp3) is 0.474. The number of carbonyl (C=O) groups excluding carboxylic acids is 1. The first kappa shape index (κ1) is 15.4. The van der Waals surface area contributed by atoms with Crippen LogP contribution < -0.4 is 5.73 Å². The molecule has 2 heterocycles. The number of nitrogens with zero attached hydrogens (tertiary/aromatic N) is 3. The Morgan fingerprint density at radius 3 is 2.75 bits per heavy atom. The SMILES string of the molecule is CCc1ccc(-n2nc(C(=O)N3CC[C@H](N)C3)c3c2CCC3)cc1. The van der Waals surface area contributed by atoms with Crippen LogP contribution in [0.25, 0.3) is 5.69 Å². The van der Waals surface area contributed by atoms with E-state index in [1.54, 1.807) is 0 Å². The number of nitrogens with two attached hydrogens (primary N) is 1. The minimum Gasteiger partial charge on any atom is -0.336 e. The molecule has 1 fully saturated rings. The van der Waals surface area contributed by atoms with Crippen LogP contribution in [0.1, 0.15) is 47.1 Å². The van der Waals surface area contributed by atoms with Gasteiger partial charge in [-0.2, -0.15) is 5.10 Å². The first-order valence-electron chi connectivity index (χ1n) is 8.92. The number of hydrogen-bond acceptors (Lipinski definition) is 3. The second kappa shape index (κ2) is 6.06. The van der Waals surface area contributed by atoms with Crippen molar-refractivity contribution in [2.45, 2.75) is 45.1 Å². The van der Waals surface area contributed by atoms with Gasteiger partial charge in [-0.25, -0.2) is 4.68 Å². The molecule has 24 heavy (non-hydrogen) atoms. The molecule has 5 nitrogen and oxygen atoms in total. The highest BCUT2D eigenvalue weighted by atomic mass is 16.2. The van der Waals surface area contributed by atoms with E-state index in [1.165, 1.54) is 11.3 Å². The summed E-state index contributed by atoms with van der Waals surface area (Å²) in [6, 6.07) is 8.58. The highest BCUT2D eigenvalue weighted by Crippen LogP contribution is 2.29. The van der Waals surface area contributed by atoms with Gasteiger partial charge in [-0.1, -0.05) is 19.1 Å². The van der Waals surface area contributed by atoms with Gasteiger partial charge < -0.3 is 10.6 Å². The van der Waals surface area contributed by atoms with Crippen molar-refractivity contribution in [1.29, 1.82) is 0 Å². The normalized spacial score (nSPS) is 19.8. The number of aromatic nitrogens is 2. The molecule has 1 aromatic heterocycles. The fourth-order valence-electron chi connectivity index (χ4n) is 3.82. The summed E-state index contributed by atoms with van der Waals surface area (Å²) in [6.07, 6.45) is 4.94. The van der Waals surface area contributed by atoms with Crippen molar-refractivity contribution < 1.29 is 4.79 Å². The first-order valence-corrected chi connectivity index (χ1v) is 8.92. The molecule has 2 aromatic rings. The van der Waals surface area contributed by atoms with Gasteiger partial charge in [-0.15, -0.1) is 0 Å². The zero-order valence-electron chi connectivity index (χ0n) is 14.2. The molecule has 1 aromatic carbocycles. The number of fused-ring (bicyclic) bond motifs is 1. The van der Waals surface area contributed by atoms with E-state index in [-0.39, 0.29) is 11.9 Å². The van der Waals surface area contributed by atoms with Gasteiger partial charge in [0.25, 0.3) is 5.91 Å². The number of likely N-dealkylation sites (tertiary alicyclic amines) is 1. The van der Waals surface area contributed by atoms with E-state index in [9.17, 15) is 4.79 Å². The number of amides is 1. The van der Waals surface area contributed by atoms with Gasteiger partial charge in [0.1, 0.15) is 0 Å². The van der Waals surface area contributed by atoms with Crippen LogP contribution in [0.5, 0.6) is 0 Å². The zero-order valence-corrected chi connectivity index (χ0v) is 14.2. The number of benzene rings is 1. The van der Waals surface area contributed by atoms with E-state index < -0.39 is 0 Å². The van der Waals surface area contributed by atoms with Crippen molar-refractivity contribution >= 4 is 5.91 Å². The van der Waals surface area contributed by atoms with Gasteiger partial charge in [0.15, 0.2) is 5.69 Å². The molecular formula is C19H24N4O. The summed E-state index contributed by atoms with van der Waals surface area (Å²) in [5.74, 6) is 0.0463. The molecule has 1 saturated heterocycles. The lowest BCUT2D eigenvalue weighted by molar-refractivity contribution is 0.0783. The molecule has 1 aliphatic heterocycles. The lowest BCUT2D eigenvalue weighted by Crippen LogP contribution is -2.32. The van der Waals surface area contributed by atoms with E-state index in [2.05, 4.69) is 31.2 Å². The molecule has 1 aliphatic carbocycles. The van der Waals surface area contributed by atoms with Crippen molar-refractivity contribution in [3.05, 3.63) is 46.8 Å². The maximum Gasteiger partial charge on any atom is 0.274 e. The van der Waals surface area contributed by atoms with Crippen LogP contribution in [0.2, 0.25) is 0 Å². The van der Waals surface area contributed by atoms with Crippen molar-refractivity contribution in [3.8, 4) is 5.69 Å². The molecule has 0 unspecified atom stereocenters. The number of carbonyl (C=O) groups is 1. The maximum atomic E-state index is 12.9. The second-order valence-electron chi connectivity index (χ2n) is 6.86. The summed E-state index contributed by atoms with van der Waals surface area (Å²) < 4.78 is 1.98. The average molecular weight is 324 g/mol. The third-order valence-electron chi connectivity index (χ3n) is 5.23. The number of hydrogen-bond donors (Lipinski definition) is 1. The van der Waals surface area contributed by atoms with Crippen LogP contribution in [0, 0.1) is 0 Å². The lowest BCUT2D eigenvalue weighted by Gasteiger charge is -2.14. The fourth-order valence-corrected chi connectivity index (χ4v) is 3.82. The standard InChI is InChI=1S/C19H24N4O/c1-2-13-6-8-15(9-7-13)23-17-5-3-4-16(17)18(21-23)19(24)22-11-10-14(20)12-22/h6-9,14H,2-5,10-12,20H2,1H3/t14-/m0/s1. The quantitative estimate of drug-likeness (QED) is 0.940. The predicted molar refractivity (Wildman–Crippen MR) is 93.5 cm³/mol. The number of aryl methyl sites for hydroxylation is 1. The molecule has 1 atom stereocenters. The van der Waals surface area contributed by atoms with Crippen LogP contribution >= 0.6 is 0 Å². The summed E-state index contributed by atoms with van der Waals surface area (Å²) >= 11 is 0. The topological polar surface area (TPSA) is 64.2 Å². The van der Waals surface area contributed by atoms with Crippen LogP contribution in [0.3, 0.4) is 0 Å². The van der Waals surface area contributed by atoms with Gasteiger partial charge in [0.05, 0.1) is 5.69 Å². The molecule has 5 heteroatoms. The molecule has 2 aliphatic rings. The molecule has 0 radical (unpaired) electrons. The lowest BCUT2D eigenvalue weighted by atomic mass is 10.1. The monoisotopic (exact) mass is 324 g/mol. The molecular weight excluding hydrogens is 300 g/mol. The Morgan fingerprint density at radius 2 is 2.08 bits per heavy atom. The Hall–Kier alpha value is -2.14. The van der Waals surface area contributed by atoms with E-state index in [4.69, 9.17) is 10.8 Å². The number of rotatable bonds is 3. The second-order valence-corrected chi connectivity index (χ2v) is 6.86. The van der Waals surface area contributed by atoms with Crippen molar-refractivity contribution in [2.24, 2.45) is 5.73 Å². The Kier molecular flexibility index (Phi) is 3.88. The summed E-state index contributed by atoms with van der Waals surface area (Å²) in [5, 5.41) is 4.71. The van der Waals surface area contributed by atoms with Gasteiger partial charge in [-0.3, -0.25) is 4.79 Å². The highest BCUT2D eigenvalue weighted by Gasteiger charge is 2.32. The molecule has 0 bridgehead atoms. The first-order chi connectivity index (χ1) is 11.7. The van der Waals surface area contributed by atoms with Gasteiger partial charge >= 0.3 is 0 Å². The summed E-state index contributed by atoms with van der Waals surface area (Å²) in [4.78, 5) is 14.7. The van der Waals surface area contributed by atoms with Gasteiger partial charge in [-0.05, 0) is 49.8 Å². The molecule has 126 valence electrons. The molecule has 4 rings (SSSR count). The van der Waals surface area contributed by atoms with E-state index >= 15 is 0 Å². The van der Waals surface area contributed by atoms with E-state index in [0.29, 0.717) is 12.2 Å². The van der Waals surface area contributed by atoms with E-state index in [1.807, 2.05) is 9.58 Å². The average Bonchev–Trinajstić information content (AvgIpc) is 3.30.